The molecule has 2 rings (SSSR count). The van der Waals surface area contributed by atoms with Gasteiger partial charge in [-0.05, 0) is 24.0 Å². The third-order valence-corrected chi connectivity index (χ3v) is 2.58. The lowest BCUT2D eigenvalue weighted by Crippen LogP contribution is -2.19. The summed E-state index contributed by atoms with van der Waals surface area (Å²) in [6.45, 7) is 1.75. The van der Waals surface area contributed by atoms with Gasteiger partial charge in [-0.25, -0.2) is 0 Å². The summed E-state index contributed by atoms with van der Waals surface area (Å²) in [7, 11) is 0. The normalized spacial score (nSPS) is 16.4. The number of hydrogen-bond donors (Lipinski definition) is 2. The van der Waals surface area contributed by atoms with Crippen molar-refractivity contribution in [2.75, 3.05) is 6.54 Å². The Bertz CT molecular complexity index is 416. The maximum atomic E-state index is 9.00. The van der Waals surface area contributed by atoms with Gasteiger partial charge in [0.1, 0.15) is 0 Å². The third kappa shape index (κ3) is 4.29. The lowest BCUT2D eigenvalue weighted by atomic mass is 10.1. The van der Waals surface area contributed by atoms with Crippen LogP contribution in [0.15, 0.2) is 24.3 Å². The second kappa shape index (κ2) is 6.72. The van der Waals surface area contributed by atoms with E-state index in [2.05, 4.69) is 35.5 Å². The van der Waals surface area contributed by atoms with Crippen molar-refractivity contribution in [2.24, 2.45) is 0 Å². The molecule has 1 aromatic rings. The number of aliphatic carboxylic acids is 1. The average molecular weight is 231 g/mol. The van der Waals surface area contributed by atoms with E-state index < -0.39 is 5.97 Å². The highest BCUT2D eigenvalue weighted by molar-refractivity contribution is 5.62. The van der Waals surface area contributed by atoms with Crippen LogP contribution in [0.5, 0.6) is 0 Å². The van der Waals surface area contributed by atoms with Crippen molar-refractivity contribution >= 4 is 5.97 Å². The zero-order valence-corrected chi connectivity index (χ0v) is 9.94. The van der Waals surface area contributed by atoms with E-state index in [1.54, 1.807) is 0 Å². The van der Waals surface area contributed by atoms with E-state index >= 15 is 0 Å². The van der Waals surface area contributed by atoms with Crippen LogP contribution >= 0.6 is 0 Å². The van der Waals surface area contributed by atoms with Gasteiger partial charge < -0.3 is 5.11 Å². The van der Waals surface area contributed by atoms with Crippen LogP contribution in [0.3, 0.4) is 0 Å². The maximum Gasteiger partial charge on any atom is 0.300 e. The van der Waals surface area contributed by atoms with Gasteiger partial charge in [0.15, 0.2) is 0 Å². The summed E-state index contributed by atoms with van der Waals surface area (Å²) in [6.07, 6.45) is 7.57. The number of rotatable bonds is 2. The quantitative estimate of drug-likeness (QED) is 0.765. The number of aryl methyl sites for hydroxylation is 1. The molecule has 2 N–H and O–H groups in total. The Labute approximate surface area is 102 Å². The van der Waals surface area contributed by atoms with Crippen molar-refractivity contribution in [3.05, 3.63) is 35.4 Å². The first-order valence-electron chi connectivity index (χ1n) is 5.59. The third-order valence-electron chi connectivity index (χ3n) is 2.58. The van der Waals surface area contributed by atoms with Crippen molar-refractivity contribution in [3.63, 3.8) is 0 Å². The summed E-state index contributed by atoms with van der Waals surface area (Å²) in [6, 6.07) is 9.06. The molecule has 0 heterocycles. The summed E-state index contributed by atoms with van der Waals surface area (Å²) < 4.78 is 0. The SMILES string of the molecule is C#CCNC1CCc2ccccc21.CC(=O)O. The van der Waals surface area contributed by atoms with E-state index in [-0.39, 0.29) is 0 Å². The lowest BCUT2D eigenvalue weighted by molar-refractivity contribution is -0.134. The number of carboxylic acid groups (broad SMARTS) is 1. The van der Waals surface area contributed by atoms with Gasteiger partial charge in [-0.15, -0.1) is 6.42 Å². The average Bonchev–Trinajstić information content (AvgIpc) is 2.69. The van der Waals surface area contributed by atoms with Crippen molar-refractivity contribution in [1.29, 1.82) is 0 Å². The van der Waals surface area contributed by atoms with Crippen LogP contribution in [0.1, 0.15) is 30.5 Å². The van der Waals surface area contributed by atoms with Crippen LogP contribution in [-0.2, 0) is 11.2 Å². The van der Waals surface area contributed by atoms with Gasteiger partial charge >= 0.3 is 0 Å². The zero-order valence-electron chi connectivity index (χ0n) is 9.94. The molecule has 90 valence electrons. The highest BCUT2D eigenvalue weighted by Gasteiger charge is 2.20. The molecule has 0 amide bonds. The summed E-state index contributed by atoms with van der Waals surface area (Å²) in [5, 5.41) is 10.8. The molecule has 3 heteroatoms. The summed E-state index contributed by atoms with van der Waals surface area (Å²) in [5.74, 6) is 1.78. The fourth-order valence-corrected chi connectivity index (χ4v) is 1.95. The molecule has 3 nitrogen and oxygen atoms in total. The largest absolute Gasteiger partial charge is 0.481 e. The number of carboxylic acids is 1. The Morgan fingerprint density at radius 3 is 2.88 bits per heavy atom. The van der Waals surface area contributed by atoms with E-state index in [4.69, 9.17) is 16.3 Å². The predicted octanol–water partition coefficient (Wildman–Crippen LogP) is 1.99. The molecular weight excluding hydrogens is 214 g/mol. The predicted molar refractivity (Wildman–Crippen MR) is 67.6 cm³/mol. The van der Waals surface area contributed by atoms with E-state index in [9.17, 15) is 0 Å². The van der Waals surface area contributed by atoms with Crippen LogP contribution in [0, 0.1) is 12.3 Å². The topological polar surface area (TPSA) is 49.3 Å². The summed E-state index contributed by atoms with van der Waals surface area (Å²) in [4.78, 5) is 9.00. The molecule has 0 saturated carbocycles. The molecule has 1 aliphatic carbocycles. The van der Waals surface area contributed by atoms with Gasteiger partial charge in [0.25, 0.3) is 5.97 Å². The highest BCUT2D eigenvalue weighted by Crippen LogP contribution is 2.30. The summed E-state index contributed by atoms with van der Waals surface area (Å²) >= 11 is 0. The number of carbonyl (C=O) groups is 1. The molecular formula is C14H17NO2. The molecule has 17 heavy (non-hydrogen) atoms. The minimum Gasteiger partial charge on any atom is -0.481 e. The first-order chi connectivity index (χ1) is 8.15. The Kier molecular flexibility index (Phi) is 5.25. The van der Waals surface area contributed by atoms with Crippen LogP contribution in [-0.4, -0.2) is 17.6 Å². The molecule has 0 spiro atoms. The van der Waals surface area contributed by atoms with Gasteiger partial charge in [-0.2, -0.15) is 0 Å². The molecule has 1 aliphatic rings. The van der Waals surface area contributed by atoms with Crippen LogP contribution in [0.25, 0.3) is 0 Å². The number of terminal acetylenes is 1. The molecule has 1 aromatic carbocycles. The number of hydrogen-bond acceptors (Lipinski definition) is 2. The molecule has 0 fully saturated rings. The number of fused-ring (bicyclic) bond motifs is 1. The van der Waals surface area contributed by atoms with Gasteiger partial charge in [0.2, 0.25) is 0 Å². The monoisotopic (exact) mass is 231 g/mol. The summed E-state index contributed by atoms with van der Waals surface area (Å²) in [5.41, 5.74) is 2.90. The maximum absolute atomic E-state index is 9.00. The molecule has 1 unspecified atom stereocenters. The molecule has 0 aromatic heterocycles. The Morgan fingerprint density at radius 2 is 2.24 bits per heavy atom. The standard InChI is InChI=1S/C12H13N.C2H4O2/c1-2-9-13-12-8-7-10-5-3-4-6-11(10)12;1-2(3)4/h1,3-6,12-13H,7-9H2;1H3,(H,3,4). The van der Waals surface area contributed by atoms with Crippen molar-refractivity contribution in [1.82, 2.24) is 5.32 Å². The van der Waals surface area contributed by atoms with Gasteiger partial charge in [0, 0.05) is 13.0 Å². The van der Waals surface area contributed by atoms with E-state index in [0.717, 1.165) is 6.92 Å². The van der Waals surface area contributed by atoms with Crippen molar-refractivity contribution in [2.45, 2.75) is 25.8 Å². The van der Waals surface area contributed by atoms with E-state index in [0.29, 0.717) is 12.6 Å². The fourth-order valence-electron chi connectivity index (χ4n) is 1.95. The lowest BCUT2D eigenvalue weighted by Gasteiger charge is -2.10. The fraction of sp³-hybridized carbons (Fsp3) is 0.357. The number of nitrogens with one attached hydrogen (secondary N) is 1. The number of benzene rings is 1. The minimum absolute atomic E-state index is 0.479. The Morgan fingerprint density at radius 1 is 1.59 bits per heavy atom. The van der Waals surface area contributed by atoms with Crippen LogP contribution in [0.2, 0.25) is 0 Å². The van der Waals surface area contributed by atoms with Crippen LogP contribution in [0.4, 0.5) is 0 Å². The first-order valence-corrected chi connectivity index (χ1v) is 5.59. The smallest absolute Gasteiger partial charge is 0.300 e. The molecule has 0 radical (unpaired) electrons. The molecule has 0 bridgehead atoms. The first kappa shape index (κ1) is 13.3. The minimum atomic E-state index is -0.833. The molecule has 0 aliphatic heterocycles. The van der Waals surface area contributed by atoms with E-state index in [1.807, 2.05) is 0 Å². The molecule has 1 atom stereocenters. The second-order valence-electron chi connectivity index (χ2n) is 3.89. The highest BCUT2D eigenvalue weighted by atomic mass is 16.4. The molecule has 0 saturated heterocycles. The zero-order chi connectivity index (χ0) is 12.7. The van der Waals surface area contributed by atoms with Crippen molar-refractivity contribution < 1.29 is 9.90 Å². The van der Waals surface area contributed by atoms with E-state index in [1.165, 1.54) is 24.0 Å². The Hall–Kier alpha value is -1.79. The van der Waals surface area contributed by atoms with Crippen LogP contribution < -0.4 is 5.32 Å². The van der Waals surface area contributed by atoms with Gasteiger partial charge in [-0.3, -0.25) is 10.1 Å². The van der Waals surface area contributed by atoms with Gasteiger partial charge in [-0.1, -0.05) is 30.2 Å². The van der Waals surface area contributed by atoms with Gasteiger partial charge in [0.05, 0.1) is 6.54 Å². The second-order valence-corrected chi connectivity index (χ2v) is 3.89. The Balaban J connectivity index is 0.000000317. The van der Waals surface area contributed by atoms with Crippen molar-refractivity contribution in [3.8, 4) is 12.3 Å².